The third kappa shape index (κ3) is 1.86. The number of anilines is 1. The number of thiazole rings is 1. The molecule has 0 fully saturated rings. The van der Waals surface area contributed by atoms with Crippen LogP contribution in [0.25, 0.3) is 0 Å². The molecule has 0 aliphatic carbocycles. The maximum absolute atomic E-state index is 4.20. The van der Waals surface area contributed by atoms with Gasteiger partial charge in [-0.1, -0.05) is 0 Å². The Morgan fingerprint density at radius 1 is 1.46 bits per heavy atom. The average Bonchev–Trinajstić information content (AvgIpc) is 2.74. The number of aromatic nitrogens is 3. The van der Waals surface area contributed by atoms with Gasteiger partial charge in [-0.25, -0.2) is 9.97 Å². The summed E-state index contributed by atoms with van der Waals surface area (Å²) < 4.78 is 0. The first kappa shape index (κ1) is 8.25. The van der Waals surface area contributed by atoms with Gasteiger partial charge in [0.05, 0.1) is 6.54 Å². The fraction of sp³-hybridized carbons (Fsp3) is 0.250. The molecule has 0 radical (unpaired) electrons. The number of aromatic amines is 1. The lowest BCUT2D eigenvalue weighted by atomic mass is 10.5. The molecular weight excluding hydrogens is 184 g/mol. The van der Waals surface area contributed by atoms with Crippen molar-refractivity contribution in [2.75, 3.05) is 11.9 Å². The minimum atomic E-state index is 0.764. The van der Waals surface area contributed by atoms with Crippen LogP contribution in [0.1, 0.15) is 5.82 Å². The molecule has 0 aliphatic rings. The van der Waals surface area contributed by atoms with Crippen LogP contribution in [0.3, 0.4) is 0 Å². The van der Waals surface area contributed by atoms with Gasteiger partial charge >= 0.3 is 0 Å². The molecule has 0 saturated heterocycles. The van der Waals surface area contributed by atoms with Crippen molar-refractivity contribution in [3.63, 3.8) is 0 Å². The van der Waals surface area contributed by atoms with E-state index >= 15 is 0 Å². The molecule has 0 unspecified atom stereocenters. The van der Waals surface area contributed by atoms with Gasteiger partial charge in [0.25, 0.3) is 0 Å². The van der Waals surface area contributed by atoms with Crippen molar-refractivity contribution in [2.45, 2.75) is 6.54 Å². The fourth-order valence-electron chi connectivity index (χ4n) is 1.08. The molecule has 2 heterocycles. The van der Waals surface area contributed by atoms with E-state index in [0.29, 0.717) is 0 Å². The molecule has 0 atom stereocenters. The standard InChI is InChI=1S/C8H10N4S/c1-12(8-11-4-5-13-8)6-7-9-2-3-10-7/h2-5H,6H2,1H3,(H,9,10). The Morgan fingerprint density at radius 3 is 3.00 bits per heavy atom. The summed E-state index contributed by atoms with van der Waals surface area (Å²) in [6, 6.07) is 0. The summed E-state index contributed by atoms with van der Waals surface area (Å²) in [7, 11) is 2.00. The monoisotopic (exact) mass is 194 g/mol. The van der Waals surface area contributed by atoms with Crippen LogP contribution in [0.4, 0.5) is 5.13 Å². The Labute approximate surface area is 80.3 Å². The second-order valence-electron chi connectivity index (χ2n) is 2.71. The normalized spacial score (nSPS) is 10.2. The predicted octanol–water partition coefficient (Wildman–Crippen LogP) is 1.50. The Bertz CT molecular complexity index is 340. The lowest BCUT2D eigenvalue weighted by Crippen LogP contribution is -2.16. The van der Waals surface area contributed by atoms with Crippen molar-refractivity contribution < 1.29 is 0 Å². The molecule has 2 rings (SSSR count). The van der Waals surface area contributed by atoms with Gasteiger partial charge in [0.1, 0.15) is 5.82 Å². The average molecular weight is 194 g/mol. The molecule has 0 amide bonds. The molecule has 5 heteroatoms. The maximum Gasteiger partial charge on any atom is 0.185 e. The molecule has 2 aromatic heterocycles. The summed E-state index contributed by atoms with van der Waals surface area (Å²) in [6.45, 7) is 0.764. The van der Waals surface area contributed by atoms with Gasteiger partial charge in [-0.15, -0.1) is 11.3 Å². The van der Waals surface area contributed by atoms with Crippen molar-refractivity contribution in [3.05, 3.63) is 29.8 Å². The van der Waals surface area contributed by atoms with Crippen LogP contribution in [0.15, 0.2) is 24.0 Å². The number of imidazole rings is 1. The molecule has 0 spiro atoms. The zero-order valence-corrected chi connectivity index (χ0v) is 8.08. The second-order valence-corrected chi connectivity index (χ2v) is 3.58. The van der Waals surface area contributed by atoms with E-state index in [9.17, 15) is 0 Å². The summed E-state index contributed by atoms with van der Waals surface area (Å²) in [5.74, 6) is 0.956. The summed E-state index contributed by atoms with van der Waals surface area (Å²) in [4.78, 5) is 13.5. The maximum atomic E-state index is 4.20. The highest BCUT2D eigenvalue weighted by Gasteiger charge is 2.04. The number of nitrogens with one attached hydrogen (secondary N) is 1. The fourth-order valence-corrected chi connectivity index (χ4v) is 1.69. The number of rotatable bonds is 3. The second kappa shape index (κ2) is 3.57. The van der Waals surface area contributed by atoms with E-state index in [-0.39, 0.29) is 0 Å². The van der Waals surface area contributed by atoms with Gasteiger partial charge in [0.15, 0.2) is 5.13 Å². The molecule has 2 aromatic rings. The third-order valence-electron chi connectivity index (χ3n) is 1.69. The number of hydrogen-bond acceptors (Lipinski definition) is 4. The molecular formula is C8H10N4S. The van der Waals surface area contributed by atoms with Gasteiger partial charge in [-0.05, 0) is 0 Å². The first-order valence-corrected chi connectivity index (χ1v) is 4.83. The zero-order chi connectivity index (χ0) is 9.10. The predicted molar refractivity (Wildman–Crippen MR) is 52.8 cm³/mol. The minimum absolute atomic E-state index is 0.764. The molecule has 1 N–H and O–H groups in total. The van der Waals surface area contributed by atoms with Crippen LogP contribution in [-0.4, -0.2) is 22.0 Å². The van der Waals surface area contributed by atoms with Gasteiger partial charge in [-0.2, -0.15) is 0 Å². The van der Waals surface area contributed by atoms with Gasteiger partial charge in [-0.3, -0.25) is 0 Å². The van der Waals surface area contributed by atoms with Crippen LogP contribution < -0.4 is 4.90 Å². The molecule has 13 heavy (non-hydrogen) atoms. The van der Waals surface area contributed by atoms with E-state index in [2.05, 4.69) is 19.9 Å². The molecule has 0 aromatic carbocycles. The first-order chi connectivity index (χ1) is 6.36. The largest absolute Gasteiger partial charge is 0.347 e. The van der Waals surface area contributed by atoms with Crippen molar-refractivity contribution in [3.8, 4) is 0 Å². The smallest absolute Gasteiger partial charge is 0.185 e. The number of hydrogen-bond donors (Lipinski definition) is 1. The lowest BCUT2D eigenvalue weighted by Gasteiger charge is -2.13. The van der Waals surface area contributed by atoms with E-state index < -0.39 is 0 Å². The van der Waals surface area contributed by atoms with E-state index in [0.717, 1.165) is 17.5 Å². The first-order valence-electron chi connectivity index (χ1n) is 3.95. The van der Waals surface area contributed by atoms with E-state index in [1.54, 1.807) is 23.7 Å². The molecule has 68 valence electrons. The summed E-state index contributed by atoms with van der Waals surface area (Å²) in [6.07, 6.45) is 5.38. The number of H-pyrrole nitrogens is 1. The van der Waals surface area contributed by atoms with Gasteiger partial charge in [0.2, 0.25) is 0 Å². The highest BCUT2D eigenvalue weighted by atomic mass is 32.1. The SMILES string of the molecule is CN(Cc1ncc[nH]1)c1nccs1. The Morgan fingerprint density at radius 2 is 2.38 bits per heavy atom. The van der Waals surface area contributed by atoms with E-state index in [4.69, 9.17) is 0 Å². The molecule has 0 bridgehead atoms. The van der Waals surface area contributed by atoms with E-state index in [1.807, 2.05) is 18.6 Å². The number of nitrogens with zero attached hydrogens (tertiary/aromatic N) is 3. The Balaban J connectivity index is 2.04. The summed E-state index contributed by atoms with van der Waals surface area (Å²) in [5.41, 5.74) is 0. The van der Waals surface area contributed by atoms with Crippen molar-refractivity contribution in [1.29, 1.82) is 0 Å². The van der Waals surface area contributed by atoms with E-state index in [1.165, 1.54) is 0 Å². The highest BCUT2D eigenvalue weighted by molar-refractivity contribution is 7.13. The van der Waals surface area contributed by atoms with Crippen LogP contribution in [0.5, 0.6) is 0 Å². The Kier molecular flexibility index (Phi) is 2.27. The van der Waals surface area contributed by atoms with Crippen LogP contribution in [-0.2, 0) is 6.54 Å². The molecule has 0 saturated carbocycles. The third-order valence-corrected chi connectivity index (χ3v) is 2.57. The van der Waals surface area contributed by atoms with Crippen LogP contribution >= 0.6 is 11.3 Å². The molecule has 4 nitrogen and oxygen atoms in total. The van der Waals surface area contributed by atoms with Crippen molar-refractivity contribution in [1.82, 2.24) is 15.0 Å². The minimum Gasteiger partial charge on any atom is -0.347 e. The van der Waals surface area contributed by atoms with Crippen molar-refractivity contribution in [2.24, 2.45) is 0 Å². The van der Waals surface area contributed by atoms with Gasteiger partial charge in [0, 0.05) is 31.0 Å². The zero-order valence-electron chi connectivity index (χ0n) is 7.27. The highest BCUT2D eigenvalue weighted by Crippen LogP contribution is 2.16. The Hall–Kier alpha value is -1.36. The quantitative estimate of drug-likeness (QED) is 0.805. The van der Waals surface area contributed by atoms with Crippen LogP contribution in [0, 0.1) is 0 Å². The topological polar surface area (TPSA) is 44.8 Å². The van der Waals surface area contributed by atoms with Gasteiger partial charge < -0.3 is 9.88 Å². The summed E-state index contributed by atoms with van der Waals surface area (Å²) >= 11 is 1.63. The summed E-state index contributed by atoms with van der Waals surface area (Å²) in [5, 5.41) is 2.98. The van der Waals surface area contributed by atoms with Crippen molar-refractivity contribution >= 4 is 16.5 Å². The lowest BCUT2D eigenvalue weighted by molar-refractivity contribution is 0.854. The molecule has 0 aliphatic heterocycles. The van der Waals surface area contributed by atoms with Crippen LogP contribution in [0.2, 0.25) is 0 Å².